The third kappa shape index (κ3) is 13.4. The molecule has 1 atom stereocenters. The predicted octanol–water partition coefficient (Wildman–Crippen LogP) is 4.64. The summed E-state index contributed by atoms with van der Waals surface area (Å²) >= 11 is 0. The molecule has 2 N–H and O–H groups in total. The first kappa shape index (κ1) is 19.7. The summed E-state index contributed by atoms with van der Waals surface area (Å²) in [6.07, 6.45) is 13.7. The molecule has 4 heteroatoms. The molecule has 1 unspecified atom stereocenters. The first-order valence-corrected chi connectivity index (χ1v) is 8.13. The number of unbranched alkanes of at least 4 members (excludes halogenated alkanes) is 9. The molecule has 122 valence electrons. The van der Waals surface area contributed by atoms with Gasteiger partial charge in [0, 0.05) is 0 Å². The molecule has 0 aliphatic heterocycles. The van der Waals surface area contributed by atoms with Gasteiger partial charge >= 0.3 is 11.9 Å². The number of rotatable bonds is 15. The first-order chi connectivity index (χ1) is 10.1. The summed E-state index contributed by atoms with van der Waals surface area (Å²) in [5, 5.41) is 17.6. The van der Waals surface area contributed by atoms with Gasteiger partial charge in [0.25, 0.3) is 0 Å². The second-order valence-corrected chi connectivity index (χ2v) is 5.68. The van der Waals surface area contributed by atoms with Gasteiger partial charge in [-0.25, -0.2) is 0 Å². The number of carboxylic acid groups (broad SMARTS) is 2. The maximum Gasteiger partial charge on any atom is 0.307 e. The fourth-order valence-electron chi connectivity index (χ4n) is 2.44. The van der Waals surface area contributed by atoms with E-state index < -0.39 is 17.9 Å². The van der Waals surface area contributed by atoms with Gasteiger partial charge in [-0.2, -0.15) is 0 Å². The Morgan fingerprint density at radius 3 is 1.76 bits per heavy atom. The monoisotopic (exact) mass is 298 g/mol. The third-order valence-electron chi connectivity index (χ3n) is 3.73. The van der Waals surface area contributed by atoms with Crippen molar-refractivity contribution in [2.45, 2.75) is 77.0 Å². The Morgan fingerprint density at radius 2 is 1.33 bits per heavy atom. The van der Waals surface area contributed by atoms with E-state index in [1.54, 1.807) is 0 Å². The van der Waals surface area contributed by atoms with Crippen molar-refractivity contribution in [2.75, 3.05) is 0 Å². The number of allylic oxidation sites excluding steroid dienone is 1. The fourth-order valence-corrected chi connectivity index (χ4v) is 2.44. The average molecular weight is 298 g/mol. The SMILES string of the molecule is C=CCCCCCCCCCCCC(CC(=O)O)C(=O)O. The second kappa shape index (κ2) is 13.7. The molecule has 0 rings (SSSR count). The normalized spacial score (nSPS) is 12.0. The Balaban J connectivity index is 3.39. The largest absolute Gasteiger partial charge is 0.481 e. The molecular formula is C17H30O4. The maximum absolute atomic E-state index is 10.9. The van der Waals surface area contributed by atoms with Crippen molar-refractivity contribution < 1.29 is 19.8 Å². The van der Waals surface area contributed by atoms with Gasteiger partial charge in [0.05, 0.1) is 12.3 Å². The van der Waals surface area contributed by atoms with Crippen molar-refractivity contribution in [3.63, 3.8) is 0 Å². The molecular weight excluding hydrogens is 268 g/mol. The standard InChI is InChI=1S/C17H30O4/c1-2-3-4-5-6-7-8-9-10-11-12-13-15(17(20)21)14-16(18)19/h2,15H,1,3-14H2,(H,18,19)(H,20,21). The molecule has 0 aliphatic carbocycles. The molecule has 4 nitrogen and oxygen atoms in total. The minimum absolute atomic E-state index is 0.264. The van der Waals surface area contributed by atoms with Crippen LogP contribution in [0.3, 0.4) is 0 Å². The van der Waals surface area contributed by atoms with Crippen LogP contribution in [0.15, 0.2) is 12.7 Å². The molecule has 0 saturated carbocycles. The molecule has 0 aromatic heterocycles. The van der Waals surface area contributed by atoms with E-state index in [1.807, 2.05) is 6.08 Å². The highest BCUT2D eigenvalue weighted by molar-refractivity contribution is 5.77. The van der Waals surface area contributed by atoms with Crippen molar-refractivity contribution in [2.24, 2.45) is 5.92 Å². The topological polar surface area (TPSA) is 74.6 Å². The number of hydrogen-bond donors (Lipinski definition) is 2. The zero-order chi connectivity index (χ0) is 15.9. The molecule has 21 heavy (non-hydrogen) atoms. The number of carboxylic acids is 2. The Labute approximate surface area is 128 Å². The molecule has 0 spiro atoms. The van der Waals surface area contributed by atoms with E-state index in [2.05, 4.69) is 6.58 Å². The lowest BCUT2D eigenvalue weighted by molar-refractivity contribution is -0.148. The molecule has 0 amide bonds. The lowest BCUT2D eigenvalue weighted by atomic mass is 9.97. The van der Waals surface area contributed by atoms with Crippen LogP contribution in [-0.2, 0) is 9.59 Å². The van der Waals surface area contributed by atoms with Crippen LogP contribution in [0.25, 0.3) is 0 Å². The average Bonchev–Trinajstić information content (AvgIpc) is 2.42. The van der Waals surface area contributed by atoms with Gasteiger partial charge in [-0.05, 0) is 19.3 Å². The van der Waals surface area contributed by atoms with Crippen LogP contribution >= 0.6 is 0 Å². The van der Waals surface area contributed by atoms with Gasteiger partial charge in [-0.15, -0.1) is 6.58 Å². The summed E-state index contributed by atoms with van der Waals surface area (Å²) in [6.45, 7) is 3.71. The lowest BCUT2D eigenvalue weighted by Crippen LogP contribution is -2.17. The van der Waals surface area contributed by atoms with Gasteiger partial charge in [0.1, 0.15) is 0 Å². The smallest absolute Gasteiger partial charge is 0.307 e. The van der Waals surface area contributed by atoms with E-state index in [0.717, 1.165) is 25.7 Å². The Bertz CT molecular complexity index is 299. The number of carbonyl (C=O) groups is 2. The van der Waals surface area contributed by atoms with Crippen LogP contribution in [0.1, 0.15) is 77.0 Å². The van der Waals surface area contributed by atoms with Gasteiger partial charge in [0.2, 0.25) is 0 Å². The zero-order valence-corrected chi connectivity index (χ0v) is 13.1. The van der Waals surface area contributed by atoms with Crippen LogP contribution in [0.4, 0.5) is 0 Å². The van der Waals surface area contributed by atoms with Crippen molar-refractivity contribution in [3.8, 4) is 0 Å². The highest BCUT2D eigenvalue weighted by Gasteiger charge is 2.19. The van der Waals surface area contributed by atoms with E-state index in [1.165, 1.54) is 38.5 Å². The Hall–Kier alpha value is -1.32. The zero-order valence-electron chi connectivity index (χ0n) is 13.1. The van der Waals surface area contributed by atoms with E-state index in [4.69, 9.17) is 10.2 Å². The van der Waals surface area contributed by atoms with E-state index >= 15 is 0 Å². The molecule has 0 heterocycles. The van der Waals surface area contributed by atoms with Crippen LogP contribution in [0.5, 0.6) is 0 Å². The Morgan fingerprint density at radius 1 is 0.857 bits per heavy atom. The van der Waals surface area contributed by atoms with Crippen molar-refractivity contribution in [1.29, 1.82) is 0 Å². The number of hydrogen-bond acceptors (Lipinski definition) is 2. The minimum Gasteiger partial charge on any atom is -0.481 e. The van der Waals surface area contributed by atoms with Gasteiger partial charge in [-0.1, -0.05) is 57.4 Å². The molecule has 0 radical (unpaired) electrons. The van der Waals surface area contributed by atoms with Crippen molar-refractivity contribution >= 4 is 11.9 Å². The lowest BCUT2D eigenvalue weighted by Gasteiger charge is -2.09. The summed E-state index contributed by atoms with van der Waals surface area (Å²) < 4.78 is 0. The Kier molecular flexibility index (Phi) is 12.8. The highest BCUT2D eigenvalue weighted by Crippen LogP contribution is 2.16. The summed E-state index contributed by atoms with van der Waals surface area (Å²) in [5.41, 5.74) is 0. The van der Waals surface area contributed by atoms with Crippen molar-refractivity contribution in [3.05, 3.63) is 12.7 Å². The quantitative estimate of drug-likeness (QED) is 0.341. The van der Waals surface area contributed by atoms with Crippen LogP contribution in [-0.4, -0.2) is 22.2 Å². The minimum atomic E-state index is -1.03. The third-order valence-corrected chi connectivity index (χ3v) is 3.73. The van der Waals surface area contributed by atoms with Gasteiger partial charge in [0.15, 0.2) is 0 Å². The molecule has 0 bridgehead atoms. The van der Waals surface area contributed by atoms with E-state index in [0.29, 0.717) is 6.42 Å². The number of aliphatic carboxylic acids is 2. The van der Waals surface area contributed by atoms with Crippen LogP contribution in [0.2, 0.25) is 0 Å². The molecule has 0 saturated heterocycles. The maximum atomic E-state index is 10.9. The van der Waals surface area contributed by atoms with Gasteiger partial charge < -0.3 is 10.2 Å². The van der Waals surface area contributed by atoms with Crippen LogP contribution < -0.4 is 0 Å². The summed E-state index contributed by atoms with van der Waals surface area (Å²) in [4.78, 5) is 21.4. The van der Waals surface area contributed by atoms with E-state index in [9.17, 15) is 9.59 Å². The summed E-state index contributed by atoms with van der Waals surface area (Å²) in [7, 11) is 0. The fraction of sp³-hybridized carbons (Fsp3) is 0.765. The first-order valence-electron chi connectivity index (χ1n) is 8.13. The van der Waals surface area contributed by atoms with Crippen molar-refractivity contribution in [1.82, 2.24) is 0 Å². The summed E-state index contributed by atoms with van der Waals surface area (Å²) in [6, 6.07) is 0. The summed E-state index contributed by atoms with van der Waals surface area (Å²) in [5.74, 6) is -2.75. The molecule has 0 fully saturated rings. The molecule has 0 aromatic carbocycles. The second-order valence-electron chi connectivity index (χ2n) is 5.68. The van der Waals surface area contributed by atoms with E-state index in [-0.39, 0.29) is 6.42 Å². The molecule has 0 aliphatic rings. The highest BCUT2D eigenvalue weighted by atomic mass is 16.4. The van der Waals surface area contributed by atoms with Crippen LogP contribution in [0, 0.1) is 5.92 Å². The predicted molar refractivity (Wildman–Crippen MR) is 84.4 cm³/mol. The molecule has 0 aromatic rings. The van der Waals surface area contributed by atoms with Gasteiger partial charge in [-0.3, -0.25) is 9.59 Å².